The average Bonchev–Trinajstić information content (AvgIpc) is 2.47. The van der Waals surface area contributed by atoms with Crippen LogP contribution >= 0.6 is 0 Å². The van der Waals surface area contributed by atoms with Gasteiger partial charge in [-0.2, -0.15) is 4.31 Å². The van der Waals surface area contributed by atoms with E-state index < -0.39 is 10.0 Å². The first-order chi connectivity index (χ1) is 9.93. The Morgan fingerprint density at radius 2 is 2.00 bits per heavy atom. The van der Waals surface area contributed by atoms with Gasteiger partial charge in [-0.3, -0.25) is 9.78 Å². The van der Waals surface area contributed by atoms with Crippen LogP contribution in [0.2, 0.25) is 0 Å². The van der Waals surface area contributed by atoms with Crippen LogP contribution < -0.4 is 11.5 Å². The number of amides is 1. The summed E-state index contributed by atoms with van der Waals surface area (Å²) in [5.74, 6) is -0.162. The molecule has 0 unspecified atom stereocenters. The number of pyridine rings is 1. The van der Waals surface area contributed by atoms with Crippen LogP contribution in [-0.4, -0.2) is 36.7 Å². The summed E-state index contributed by atoms with van der Waals surface area (Å²) in [7, 11) is -3.53. The number of hydrogen-bond acceptors (Lipinski definition) is 5. The lowest BCUT2D eigenvalue weighted by Crippen LogP contribution is -2.39. The SMILES string of the molecule is NCc1ccc(S(=O)(=O)N2CCC(CC(N)=O)CC2)cn1. The molecule has 8 heteroatoms. The lowest BCUT2D eigenvalue weighted by molar-refractivity contribution is -0.119. The summed E-state index contributed by atoms with van der Waals surface area (Å²) in [6.07, 6.45) is 2.96. The number of sulfonamides is 1. The van der Waals surface area contributed by atoms with E-state index in [2.05, 4.69) is 4.98 Å². The van der Waals surface area contributed by atoms with E-state index in [1.54, 1.807) is 6.07 Å². The van der Waals surface area contributed by atoms with Gasteiger partial charge in [-0.15, -0.1) is 0 Å². The first kappa shape index (κ1) is 15.9. The Hall–Kier alpha value is -1.51. The van der Waals surface area contributed by atoms with Crippen LogP contribution in [0.3, 0.4) is 0 Å². The maximum absolute atomic E-state index is 12.5. The molecular formula is C13H20N4O3S. The number of carbonyl (C=O) groups is 1. The van der Waals surface area contributed by atoms with E-state index in [4.69, 9.17) is 11.5 Å². The highest BCUT2D eigenvalue weighted by Gasteiger charge is 2.30. The van der Waals surface area contributed by atoms with Crippen LogP contribution in [0.1, 0.15) is 25.0 Å². The molecular weight excluding hydrogens is 292 g/mol. The normalized spacial score (nSPS) is 17.8. The molecule has 0 saturated carbocycles. The molecule has 0 atom stereocenters. The predicted octanol–water partition coefficient (Wildman–Crippen LogP) is -0.184. The van der Waals surface area contributed by atoms with Gasteiger partial charge in [0.05, 0.1) is 5.69 Å². The van der Waals surface area contributed by atoms with Gasteiger partial charge >= 0.3 is 0 Å². The molecule has 1 aliphatic heterocycles. The Labute approximate surface area is 124 Å². The highest BCUT2D eigenvalue weighted by atomic mass is 32.2. The van der Waals surface area contributed by atoms with Crippen molar-refractivity contribution < 1.29 is 13.2 Å². The smallest absolute Gasteiger partial charge is 0.244 e. The molecule has 2 heterocycles. The number of aromatic nitrogens is 1. The monoisotopic (exact) mass is 312 g/mol. The van der Waals surface area contributed by atoms with Gasteiger partial charge in [0.2, 0.25) is 15.9 Å². The summed E-state index contributed by atoms with van der Waals surface area (Å²) in [5, 5.41) is 0. The first-order valence-electron chi connectivity index (χ1n) is 6.87. The predicted molar refractivity (Wildman–Crippen MR) is 77.4 cm³/mol. The number of piperidine rings is 1. The minimum Gasteiger partial charge on any atom is -0.370 e. The molecule has 7 nitrogen and oxygen atoms in total. The van der Waals surface area contributed by atoms with E-state index in [-0.39, 0.29) is 23.3 Å². The maximum Gasteiger partial charge on any atom is 0.244 e. The molecule has 1 aromatic rings. The highest BCUT2D eigenvalue weighted by molar-refractivity contribution is 7.89. The van der Waals surface area contributed by atoms with Gasteiger partial charge in [0.1, 0.15) is 4.90 Å². The fraction of sp³-hybridized carbons (Fsp3) is 0.538. The zero-order chi connectivity index (χ0) is 15.5. The Balaban J connectivity index is 2.05. The van der Waals surface area contributed by atoms with Crippen molar-refractivity contribution >= 4 is 15.9 Å². The summed E-state index contributed by atoms with van der Waals surface area (Å²) < 4.78 is 26.4. The molecule has 1 aliphatic rings. The van der Waals surface area contributed by atoms with Crippen LogP contribution in [0.25, 0.3) is 0 Å². The average molecular weight is 312 g/mol. The van der Waals surface area contributed by atoms with E-state index in [9.17, 15) is 13.2 Å². The summed E-state index contributed by atoms with van der Waals surface area (Å²) in [4.78, 5) is 15.1. The topological polar surface area (TPSA) is 119 Å². The quantitative estimate of drug-likeness (QED) is 0.781. The van der Waals surface area contributed by atoms with Crippen LogP contribution in [0.4, 0.5) is 0 Å². The molecule has 1 amide bonds. The number of hydrogen-bond donors (Lipinski definition) is 2. The van der Waals surface area contributed by atoms with Gasteiger partial charge in [0.15, 0.2) is 0 Å². The summed E-state index contributed by atoms with van der Waals surface area (Å²) >= 11 is 0. The third kappa shape index (κ3) is 3.78. The Kier molecular flexibility index (Phi) is 4.92. The molecule has 0 aliphatic carbocycles. The lowest BCUT2D eigenvalue weighted by atomic mass is 9.94. The zero-order valence-electron chi connectivity index (χ0n) is 11.7. The van der Waals surface area contributed by atoms with Crippen molar-refractivity contribution in [1.29, 1.82) is 0 Å². The second kappa shape index (κ2) is 6.50. The lowest BCUT2D eigenvalue weighted by Gasteiger charge is -2.30. The van der Waals surface area contributed by atoms with Crippen molar-refractivity contribution in [3.05, 3.63) is 24.0 Å². The second-order valence-electron chi connectivity index (χ2n) is 5.21. The van der Waals surface area contributed by atoms with Gasteiger partial charge in [0, 0.05) is 32.3 Å². The van der Waals surface area contributed by atoms with Gasteiger partial charge in [-0.05, 0) is 30.9 Å². The van der Waals surface area contributed by atoms with E-state index >= 15 is 0 Å². The molecule has 2 rings (SSSR count). The molecule has 0 spiro atoms. The van der Waals surface area contributed by atoms with Crippen molar-refractivity contribution in [2.75, 3.05) is 13.1 Å². The standard InChI is InChI=1S/C13H20N4O3S/c14-8-11-1-2-12(9-16-11)21(19,20)17-5-3-10(4-6-17)7-13(15)18/h1-2,9-10H,3-8,14H2,(H2,15,18). The molecule has 1 saturated heterocycles. The van der Waals surface area contributed by atoms with Crippen molar-refractivity contribution in [1.82, 2.24) is 9.29 Å². The second-order valence-corrected chi connectivity index (χ2v) is 7.15. The van der Waals surface area contributed by atoms with Gasteiger partial charge in [0.25, 0.3) is 0 Å². The number of nitrogens with zero attached hydrogens (tertiary/aromatic N) is 2. The van der Waals surface area contributed by atoms with Gasteiger partial charge in [-0.25, -0.2) is 8.42 Å². The number of primary amides is 1. The number of carbonyl (C=O) groups excluding carboxylic acids is 1. The van der Waals surface area contributed by atoms with Crippen LogP contribution in [0.5, 0.6) is 0 Å². The molecule has 21 heavy (non-hydrogen) atoms. The molecule has 116 valence electrons. The number of rotatable bonds is 5. The Morgan fingerprint density at radius 1 is 1.33 bits per heavy atom. The van der Waals surface area contributed by atoms with Crippen LogP contribution in [-0.2, 0) is 21.4 Å². The van der Waals surface area contributed by atoms with Crippen molar-refractivity contribution in [2.24, 2.45) is 17.4 Å². The minimum atomic E-state index is -3.53. The molecule has 0 radical (unpaired) electrons. The van der Waals surface area contributed by atoms with E-state index in [1.165, 1.54) is 16.6 Å². The first-order valence-corrected chi connectivity index (χ1v) is 8.31. The van der Waals surface area contributed by atoms with E-state index in [0.717, 1.165) is 0 Å². The largest absolute Gasteiger partial charge is 0.370 e. The summed E-state index contributed by atoms with van der Waals surface area (Å²) in [6, 6.07) is 3.15. The fourth-order valence-electron chi connectivity index (χ4n) is 2.47. The minimum absolute atomic E-state index is 0.173. The third-order valence-corrected chi connectivity index (χ3v) is 5.59. The molecule has 1 fully saturated rings. The van der Waals surface area contributed by atoms with Crippen molar-refractivity contribution in [3.63, 3.8) is 0 Å². The highest BCUT2D eigenvalue weighted by Crippen LogP contribution is 2.25. The summed E-state index contributed by atoms with van der Waals surface area (Å²) in [5.41, 5.74) is 11.3. The van der Waals surface area contributed by atoms with Gasteiger partial charge in [-0.1, -0.05) is 0 Å². The molecule has 4 N–H and O–H groups in total. The summed E-state index contributed by atoms with van der Waals surface area (Å²) in [6.45, 7) is 1.08. The van der Waals surface area contributed by atoms with Gasteiger partial charge < -0.3 is 11.5 Å². The van der Waals surface area contributed by atoms with Crippen molar-refractivity contribution in [2.45, 2.75) is 30.7 Å². The number of nitrogens with two attached hydrogens (primary N) is 2. The molecule has 0 bridgehead atoms. The maximum atomic E-state index is 12.5. The molecule has 0 aromatic carbocycles. The van der Waals surface area contributed by atoms with Crippen LogP contribution in [0, 0.1) is 5.92 Å². The zero-order valence-corrected chi connectivity index (χ0v) is 12.6. The Morgan fingerprint density at radius 3 is 2.48 bits per heavy atom. The molecule has 1 aromatic heterocycles. The van der Waals surface area contributed by atoms with Crippen molar-refractivity contribution in [3.8, 4) is 0 Å². The van der Waals surface area contributed by atoms with E-state index in [1.807, 2.05) is 0 Å². The van der Waals surface area contributed by atoms with Crippen LogP contribution in [0.15, 0.2) is 23.2 Å². The van der Waals surface area contributed by atoms with E-state index in [0.29, 0.717) is 38.0 Å². The fourth-order valence-corrected chi connectivity index (χ4v) is 3.89. The Bertz CT molecular complexity index is 592. The third-order valence-electron chi connectivity index (χ3n) is 3.71.